The van der Waals surface area contributed by atoms with Gasteiger partial charge in [0.1, 0.15) is 17.1 Å². The highest BCUT2D eigenvalue weighted by molar-refractivity contribution is 5.92. The fourth-order valence-corrected chi connectivity index (χ4v) is 3.58. The van der Waals surface area contributed by atoms with Crippen LogP contribution in [0, 0.1) is 6.92 Å². The summed E-state index contributed by atoms with van der Waals surface area (Å²) < 4.78 is 57.3. The van der Waals surface area contributed by atoms with Crippen LogP contribution in [0.5, 0.6) is 17.2 Å². The van der Waals surface area contributed by atoms with Gasteiger partial charge in [0, 0.05) is 6.07 Å². The summed E-state index contributed by atoms with van der Waals surface area (Å²) in [6, 6.07) is 16.7. The van der Waals surface area contributed by atoms with Crippen LogP contribution < -0.4 is 14.9 Å². The summed E-state index contributed by atoms with van der Waals surface area (Å²) in [5, 5.41) is -0.153. The molecule has 0 bridgehead atoms. The first kappa shape index (κ1) is 25.0. The van der Waals surface area contributed by atoms with Gasteiger partial charge >= 0.3 is 12.1 Å². The zero-order chi connectivity index (χ0) is 26.3. The number of rotatable bonds is 4. The quantitative estimate of drug-likeness (QED) is 0.217. The molecule has 4 rings (SSSR count). The van der Waals surface area contributed by atoms with Crippen molar-refractivity contribution in [3.63, 3.8) is 0 Å². The summed E-state index contributed by atoms with van der Waals surface area (Å²) >= 11 is 0. The van der Waals surface area contributed by atoms with Crippen LogP contribution in [0.4, 0.5) is 13.2 Å². The molecule has 4 aromatic rings. The van der Waals surface area contributed by atoms with Crippen molar-refractivity contribution >= 4 is 16.9 Å². The summed E-state index contributed by atoms with van der Waals surface area (Å²) in [6.07, 6.45) is -5.01. The van der Waals surface area contributed by atoms with Crippen molar-refractivity contribution in [2.24, 2.45) is 0 Å². The lowest BCUT2D eigenvalue weighted by molar-refractivity contribution is -0.154. The van der Waals surface area contributed by atoms with Crippen LogP contribution in [-0.2, 0) is 11.6 Å². The maximum Gasteiger partial charge on any atom is 0.453 e. The van der Waals surface area contributed by atoms with Crippen molar-refractivity contribution < 1.29 is 31.9 Å². The summed E-state index contributed by atoms with van der Waals surface area (Å²) in [4.78, 5) is 25.5. The van der Waals surface area contributed by atoms with Gasteiger partial charge in [-0.2, -0.15) is 13.2 Å². The number of halogens is 3. The van der Waals surface area contributed by atoms with Crippen LogP contribution in [0.3, 0.4) is 0 Å². The molecule has 0 atom stereocenters. The van der Waals surface area contributed by atoms with E-state index in [1.54, 1.807) is 43.3 Å². The van der Waals surface area contributed by atoms with E-state index < -0.39 is 34.7 Å². The van der Waals surface area contributed by atoms with Crippen LogP contribution >= 0.6 is 0 Å². The Morgan fingerprint density at radius 3 is 2.17 bits per heavy atom. The molecule has 3 aromatic carbocycles. The number of aryl methyl sites for hydroxylation is 1. The molecule has 0 saturated heterocycles. The Kier molecular flexibility index (Phi) is 6.39. The van der Waals surface area contributed by atoms with Gasteiger partial charge in [-0.05, 0) is 54.3 Å². The minimum Gasteiger partial charge on any atom is -0.449 e. The van der Waals surface area contributed by atoms with Crippen LogP contribution in [0.25, 0.3) is 11.0 Å². The van der Waals surface area contributed by atoms with Gasteiger partial charge in [-0.25, -0.2) is 4.79 Å². The fraction of sp³-hybridized carbons (Fsp3) is 0.214. The zero-order valence-corrected chi connectivity index (χ0v) is 20.0. The molecule has 186 valence electrons. The SMILES string of the molecule is Cc1cccc(C(=O)Oc2ccc3c(=O)c(Oc4ccc(C(C)(C)C)cc4)c(C(F)(F)F)oc3c2)c1. The Labute approximate surface area is 205 Å². The Hall–Kier alpha value is -4.07. The lowest BCUT2D eigenvalue weighted by Crippen LogP contribution is -2.16. The molecule has 0 amide bonds. The van der Waals surface area contributed by atoms with Gasteiger partial charge < -0.3 is 13.9 Å². The van der Waals surface area contributed by atoms with E-state index in [1.807, 2.05) is 20.8 Å². The molecule has 0 fully saturated rings. The van der Waals surface area contributed by atoms with E-state index in [1.165, 1.54) is 24.3 Å². The third-order valence-corrected chi connectivity index (χ3v) is 5.48. The highest BCUT2D eigenvalue weighted by Gasteiger charge is 2.40. The summed E-state index contributed by atoms with van der Waals surface area (Å²) in [6.45, 7) is 7.79. The average Bonchev–Trinajstić information content (AvgIpc) is 2.79. The first-order chi connectivity index (χ1) is 16.8. The maximum atomic E-state index is 13.9. The van der Waals surface area contributed by atoms with E-state index in [2.05, 4.69) is 0 Å². The summed E-state index contributed by atoms with van der Waals surface area (Å²) in [7, 11) is 0. The molecular formula is C28H23F3O5. The summed E-state index contributed by atoms with van der Waals surface area (Å²) in [5.41, 5.74) is 0.498. The van der Waals surface area contributed by atoms with Crippen molar-refractivity contribution in [1.29, 1.82) is 0 Å². The number of benzene rings is 3. The first-order valence-corrected chi connectivity index (χ1v) is 11.1. The summed E-state index contributed by atoms with van der Waals surface area (Å²) in [5.74, 6) is -3.26. The zero-order valence-electron chi connectivity index (χ0n) is 20.0. The molecule has 0 aliphatic rings. The van der Waals surface area contributed by atoms with Crippen LogP contribution in [-0.4, -0.2) is 5.97 Å². The van der Waals surface area contributed by atoms with Crippen molar-refractivity contribution in [3.8, 4) is 17.2 Å². The molecule has 1 heterocycles. The van der Waals surface area contributed by atoms with E-state index in [0.29, 0.717) is 0 Å². The maximum absolute atomic E-state index is 13.9. The molecule has 8 heteroatoms. The van der Waals surface area contributed by atoms with Crippen molar-refractivity contribution in [2.75, 3.05) is 0 Å². The Morgan fingerprint density at radius 2 is 1.56 bits per heavy atom. The highest BCUT2D eigenvalue weighted by atomic mass is 19.4. The number of hydrogen-bond donors (Lipinski definition) is 0. The molecule has 0 aliphatic carbocycles. The van der Waals surface area contributed by atoms with Gasteiger partial charge in [0.15, 0.2) is 0 Å². The smallest absolute Gasteiger partial charge is 0.449 e. The minimum absolute atomic E-state index is 0.0591. The molecule has 0 aliphatic heterocycles. The van der Waals surface area contributed by atoms with Gasteiger partial charge in [0.2, 0.25) is 11.2 Å². The van der Waals surface area contributed by atoms with E-state index >= 15 is 0 Å². The molecule has 0 N–H and O–H groups in total. The Bertz CT molecular complexity index is 1490. The largest absolute Gasteiger partial charge is 0.453 e. The number of hydrogen-bond acceptors (Lipinski definition) is 5. The van der Waals surface area contributed by atoms with Gasteiger partial charge in [-0.3, -0.25) is 4.79 Å². The van der Waals surface area contributed by atoms with E-state index in [4.69, 9.17) is 13.9 Å². The number of alkyl halides is 3. The first-order valence-electron chi connectivity index (χ1n) is 11.1. The van der Waals surface area contributed by atoms with Crippen LogP contribution in [0.15, 0.2) is 75.9 Å². The molecule has 0 radical (unpaired) electrons. The Balaban J connectivity index is 1.72. The molecular weight excluding hydrogens is 473 g/mol. The predicted molar refractivity (Wildman–Crippen MR) is 129 cm³/mol. The van der Waals surface area contributed by atoms with Crippen molar-refractivity contribution in [3.05, 3.63) is 99.4 Å². The van der Waals surface area contributed by atoms with Crippen molar-refractivity contribution in [1.82, 2.24) is 0 Å². The van der Waals surface area contributed by atoms with Crippen LogP contribution in [0.2, 0.25) is 0 Å². The lowest BCUT2D eigenvalue weighted by atomic mass is 9.87. The molecule has 0 unspecified atom stereocenters. The van der Waals surface area contributed by atoms with Crippen LogP contribution in [0.1, 0.15) is 48.0 Å². The van der Waals surface area contributed by atoms with E-state index in [-0.39, 0.29) is 27.9 Å². The third kappa shape index (κ3) is 5.27. The second kappa shape index (κ2) is 9.18. The van der Waals surface area contributed by atoms with Crippen molar-refractivity contribution in [2.45, 2.75) is 39.3 Å². The standard InChI is InChI=1S/C28H23F3O5/c1-16-6-5-7-17(14-16)26(33)35-20-12-13-21-22(15-20)36-25(28(29,30)31)24(23(21)32)34-19-10-8-18(9-11-19)27(2,3)4/h5-15H,1-4H3. The normalized spacial score (nSPS) is 12.0. The number of esters is 1. The fourth-order valence-electron chi connectivity index (χ4n) is 3.58. The lowest BCUT2D eigenvalue weighted by Gasteiger charge is -2.19. The minimum atomic E-state index is -5.01. The average molecular weight is 496 g/mol. The highest BCUT2D eigenvalue weighted by Crippen LogP contribution is 2.39. The van der Waals surface area contributed by atoms with Gasteiger partial charge in [0.05, 0.1) is 10.9 Å². The van der Waals surface area contributed by atoms with E-state index in [0.717, 1.165) is 17.2 Å². The topological polar surface area (TPSA) is 65.7 Å². The van der Waals surface area contributed by atoms with Gasteiger partial charge in [-0.15, -0.1) is 0 Å². The number of carbonyl (C=O) groups is 1. The number of carbonyl (C=O) groups excluding carboxylic acids is 1. The Morgan fingerprint density at radius 1 is 0.889 bits per heavy atom. The second-order valence-corrected chi connectivity index (χ2v) is 9.38. The molecule has 0 spiro atoms. The van der Waals surface area contributed by atoms with Gasteiger partial charge in [0.25, 0.3) is 5.76 Å². The molecule has 1 aromatic heterocycles. The van der Waals surface area contributed by atoms with Gasteiger partial charge in [-0.1, -0.05) is 50.6 Å². The molecule has 0 saturated carbocycles. The second-order valence-electron chi connectivity index (χ2n) is 9.38. The van der Waals surface area contributed by atoms with E-state index in [9.17, 15) is 22.8 Å². The monoisotopic (exact) mass is 496 g/mol. The molecule has 36 heavy (non-hydrogen) atoms. The number of ether oxygens (including phenoxy) is 2. The number of fused-ring (bicyclic) bond motifs is 1. The third-order valence-electron chi connectivity index (χ3n) is 5.48. The molecule has 5 nitrogen and oxygen atoms in total. The predicted octanol–water partition coefficient (Wildman–Crippen LogP) is 7.43.